The van der Waals surface area contributed by atoms with Crippen molar-refractivity contribution in [3.05, 3.63) is 39.8 Å². The highest BCUT2D eigenvalue weighted by atomic mass is 127. The molecule has 1 aliphatic rings. The molecule has 0 amide bonds. The van der Waals surface area contributed by atoms with Gasteiger partial charge in [0.25, 0.3) is 0 Å². The molecule has 1 heterocycles. The Labute approximate surface area is 200 Å². The van der Waals surface area contributed by atoms with E-state index >= 15 is 0 Å². The number of guanidine groups is 1. The molecule has 8 heteroatoms. The van der Waals surface area contributed by atoms with Crippen LogP contribution >= 0.6 is 35.3 Å². The van der Waals surface area contributed by atoms with Gasteiger partial charge in [-0.15, -0.1) is 35.3 Å². The number of aromatic nitrogens is 1. The lowest BCUT2D eigenvalue weighted by Gasteiger charge is -2.17. The fourth-order valence-electron chi connectivity index (χ4n) is 3.43. The lowest BCUT2D eigenvalue weighted by molar-refractivity contribution is 0.200. The molecule has 2 N–H and O–H groups in total. The first-order chi connectivity index (χ1) is 14.2. The smallest absolute Gasteiger partial charge is 0.191 e. The molecule has 166 valence electrons. The first kappa shape index (κ1) is 24.7. The van der Waals surface area contributed by atoms with Crippen LogP contribution in [0.1, 0.15) is 48.1 Å². The minimum atomic E-state index is 0. The Morgan fingerprint density at radius 2 is 2.03 bits per heavy atom. The Hall–Kier alpha value is -1.55. The molecule has 3 rings (SSSR count). The SMILES string of the molecule is CCc1cnc(CCNC(=NC)NCc2ccc(OC3CCCC3)c(OC)c2)s1.I. The second kappa shape index (κ2) is 13.0. The van der Waals surface area contributed by atoms with Crippen LogP contribution in [-0.4, -0.2) is 37.7 Å². The van der Waals surface area contributed by atoms with E-state index in [2.05, 4.69) is 33.6 Å². The molecular formula is C22H33IN4O2S. The molecule has 1 aromatic heterocycles. The Kier molecular flexibility index (Phi) is 10.7. The quantitative estimate of drug-likeness (QED) is 0.275. The van der Waals surface area contributed by atoms with Crippen LogP contribution in [-0.2, 0) is 19.4 Å². The highest BCUT2D eigenvalue weighted by Crippen LogP contribution is 2.32. The minimum absolute atomic E-state index is 0. The van der Waals surface area contributed by atoms with Gasteiger partial charge in [0.2, 0.25) is 0 Å². The van der Waals surface area contributed by atoms with E-state index in [9.17, 15) is 0 Å². The maximum Gasteiger partial charge on any atom is 0.191 e. The van der Waals surface area contributed by atoms with Crippen molar-refractivity contribution < 1.29 is 9.47 Å². The lowest BCUT2D eigenvalue weighted by atomic mass is 10.2. The molecule has 0 spiro atoms. The standard InChI is InChI=1S/C22H32N4O2S.HI/c1-4-18-15-25-21(29-18)11-12-24-22(23-2)26-14-16-9-10-19(20(13-16)27-3)28-17-7-5-6-8-17;/h9-10,13,15,17H,4-8,11-12,14H2,1-3H3,(H2,23,24,26);1H. The van der Waals surface area contributed by atoms with Gasteiger partial charge in [0.05, 0.1) is 18.2 Å². The summed E-state index contributed by atoms with van der Waals surface area (Å²) >= 11 is 1.78. The number of nitrogens with zero attached hydrogens (tertiary/aromatic N) is 2. The van der Waals surface area contributed by atoms with E-state index in [1.54, 1.807) is 25.5 Å². The number of halogens is 1. The summed E-state index contributed by atoms with van der Waals surface area (Å²) in [5.74, 6) is 2.40. The Bertz CT molecular complexity index is 806. The summed E-state index contributed by atoms with van der Waals surface area (Å²) in [6.07, 6.45) is 9.01. The fraction of sp³-hybridized carbons (Fsp3) is 0.545. The highest BCUT2D eigenvalue weighted by molar-refractivity contribution is 14.0. The van der Waals surface area contributed by atoms with Crippen molar-refractivity contribution >= 4 is 41.3 Å². The maximum absolute atomic E-state index is 6.12. The second-order valence-electron chi connectivity index (χ2n) is 7.19. The molecule has 1 fully saturated rings. The van der Waals surface area contributed by atoms with Crippen molar-refractivity contribution in [1.29, 1.82) is 0 Å². The summed E-state index contributed by atoms with van der Waals surface area (Å²) in [4.78, 5) is 10.1. The van der Waals surface area contributed by atoms with E-state index < -0.39 is 0 Å². The molecular weight excluding hydrogens is 511 g/mol. The third-order valence-corrected chi connectivity index (χ3v) is 6.29. The van der Waals surface area contributed by atoms with E-state index in [1.807, 2.05) is 18.3 Å². The Balaban J connectivity index is 0.00000320. The van der Waals surface area contributed by atoms with Crippen LogP contribution in [0.15, 0.2) is 29.4 Å². The minimum Gasteiger partial charge on any atom is -0.493 e. The maximum atomic E-state index is 6.12. The predicted molar refractivity (Wildman–Crippen MR) is 135 cm³/mol. The van der Waals surface area contributed by atoms with Crippen molar-refractivity contribution in [2.45, 2.75) is 58.1 Å². The van der Waals surface area contributed by atoms with Gasteiger partial charge in [-0.2, -0.15) is 0 Å². The lowest BCUT2D eigenvalue weighted by Crippen LogP contribution is -2.37. The van der Waals surface area contributed by atoms with Gasteiger partial charge in [-0.05, 0) is 49.8 Å². The molecule has 30 heavy (non-hydrogen) atoms. The molecule has 1 aromatic carbocycles. The monoisotopic (exact) mass is 544 g/mol. The summed E-state index contributed by atoms with van der Waals surface area (Å²) in [6, 6.07) is 6.12. The largest absolute Gasteiger partial charge is 0.493 e. The van der Waals surface area contributed by atoms with Crippen molar-refractivity contribution in [2.24, 2.45) is 4.99 Å². The number of nitrogens with one attached hydrogen (secondary N) is 2. The molecule has 0 saturated heterocycles. The van der Waals surface area contributed by atoms with Crippen LogP contribution in [0.2, 0.25) is 0 Å². The van der Waals surface area contributed by atoms with Crippen molar-refractivity contribution in [3.8, 4) is 11.5 Å². The number of thiazole rings is 1. The fourth-order valence-corrected chi connectivity index (χ4v) is 4.29. The van der Waals surface area contributed by atoms with Gasteiger partial charge in [0.1, 0.15) is 0 Å². The molecule has 0 aliphatic heterocycles. The predicted octanol–water partition coefficient (Wildman–Crippen LogP) is 4.56. The van der Waals surface area contributed by atoms with Gasteiger partial charge < -0.3 is 20.1 Å². The number of methoxy groups -OCH3 is 1. The molecule has 0 unspecified atom stereocenters. The molecule has 0 radical (unpaired) electrons. The van der Waals surface area contributed by atoms with E-state index in [0.717, 1.165) is 60.3 Å². The Morgan fingerprint density at radius 1 is 1.23 bits per heavy atom. The van der Waals surface area contributed by atoms with Gasteiger partial charge in [-0.1, -0.05) is 13.0 Å². The third kappa shape index (κ3) is 7.30. The van der Waals surface area contributed by atoms with E-state index in [4.69, 9.17) is 9.47 Å². The first-order valence-electron chi connectivity index (χ1n) is 10.4. The van der Waals surface area contributed by atoms with Gasteiger partial charge in [-0.25, -0.2) is 4.98 Å². The number of benzene rings is 1. The summed E-state index contributed by atoms with van der Waals surface area (Å²) in [6.45, 7) is 3.62. The van der Waals surface area contributed by atoms with Crippen LogP contribution in [0.3, 0.4) is 0 Å². The average molecular weight is 545 g/mol. The second-order valence-corrected chi connectivity index (χ2v) is 8.39. The highest BCUT2D eigenvalue weighted by Gasteiger charge is 2.18. The number of aryl methyl sites for hydroxylation is 1. The van der Waals surface area contributed by atoms with Gasteiger partial charge in [0.15, 0.2) is 17.5 Å². The summed E-state index contributed by atoms with van der Waals surface area (Å²) in [5, 5.41) is 7.87. The number of hydrogen-bond donors (Lipinski definition) is 2. The summed E-state index contributed by atoms with van der Waals surface area (Å²) in [5.41, 5.74) is 1.12. The molecule has 0 atom stereocenters. The van der Waals surface area contributed by atoms with Gasteiger partial charge >= 0.3 is 0 Å². The van der Waals surface area contributed by atoms with Crippen molar-refractivity contribution in [2.75, 3.05) is 20.7 Å². The molecule has 1 aliphatic carbocycles. The number of rotatable bonds is 9. The number of hydrogen-bond acceptors (Lipinski definition) is 5. The summed E-state index contributed by atoms with van der Waals surface area (Å²) < 4.78 is 11.7. The van der Waals surface area contributed by atoms with Crippen LogP contribution in [0.5, 0.6) is 11.5 Å². The number of aliphatic imine (C=N–C) groups is 1. The van der Waals surface area contributed by atoms with Crippen molar-refractivity contribution in [3.63, 3.8) is 0 Å². The van der Waals surface area contributed by atoms with Crippen LogP contribution in [0.25, 0.3) is 0 Å². The normalized spacial score (nSPS) is 14.3. The number of ether oxygens (including phenoxy) is 2. The summed E-state index contributed by atoms with van der Waals surface area (Å²) in [7, 11) is 3.48. The van der Waals surface area contributed by atoms with E-state index in [0.29, 0.717) is 12.6 Å². The Morgan fingerprint density at radius 3 is 2.70 bits per heavy atom. The van der Waals surface area contributed by atoms with E-state index in [-0.39, 0.29) is 24.0 Å². The zero-order chi connectivity index (χ0) is 20.5. The van der Waals surface area contributed by atoms with Crippen LogP contribution in [0, 0.1) is 0 Å². The molecule has 6 nitrogen and oxygen atoms in total. The molecule has 2 aromatic rings. The van der Waals surface area contributed by atoms with Gasteiger partial charge in [-0.3, -0.25) is 4.99 Å². The van der Waals surface area contributed by atoms with Crippen LogP contribution < -0.4 is 20.1 Å². The molecule has 0 bridgehead atoms. The third-order valence-electron chi connectivity index (χ3n) is 5.09. The zero-order valence-corrected chi connectivity index (χ0v) is 21.2. The zero-order valence-electron chi connectivity index (χ0n) is 18.1. The average Bonchev–Trinajstić information content (AvgIpc) is 3.43. The first-order valence-corrected chi connectivity index (χ1v) is 11.2. The van der Waals surface area contributed by atoms with Crippen molar-refractivity contribution in [1.82, 2.24) is 15.6 Å². The molecule has 1 saturated carbocycles. The van der Waals surface area contributed by atoms with Crippen LogP contribution in [0.4, 0.5) is 0 Å². The van der Waals surface area contributed by atoms with Gasteiger partial charge in [0, 0.05) is 37.6 Å². The van der Waals surface area contributed by atoms with E-state index in [1.165, 1.54) is 17.7 Å². The topological polar surface area (TPSA) is 67.8 Å².